The largest absolute Gasteiger partial charge is 0.508 e. The third-order valence-electron chi connectivity index (χ3n) is 8.20. The third kappa shape index (κ3) is 4.68. The van der Waals surface area contributed by atoms with Gasteiger partial charge in [-0.2, -0.15) is 0 Å². The lowest BCUT2D eigenvalue weighted by Gasteiger charge is -2.33. The van der Waals surface area contributed by atoms with Gasteiger partial charge in [0.25, 0.3) is 0 Å². The van der Waals surface area contributed by atoms with Crippen molar-refractivity contribution >= 4 is 11.5 Å². The van der Waals surface area contributed by atoms with Crippen molar-refractivity contribution in [2.75, 3.05) is 13.1 Å². The van der Waals surface area contributed by atoms with Crippen LogP contribution in [0.1, 0.15) is 74.6 Å². The van der Waals surface area contributed by atoms with E-state index in [-0.39, 0.29) is 11.9 Å². The molecule has 3 heterocycles. The Bertz CT molecular complexity index is 1150. The molecule has 9 nitrogen and oxygen atoms in total. The number of hydrazine groups is 1. The number of carbonyl (C=O) groups excluding carboxylic acids is 1. The van der Waals surface area contributed by atoms with Crippen molar-refractivity contribution in [1.29, 1.82) is 0 Å². The molecule has 2 aliphatic heterocycles. The SMILES string of the molecule is CCc1cc(O)ccc1C1CCC2C(C1)NNC2c1ncc(C2=CCN(C(=O)[C@@H](N)C(C)(C)O)C2)[nH]1. The highest BCUT2D eigenvalue weighted by molar-refractivity contribution is 5.86. The van der Waals surface area contributed by atoms with Crippen molar-refractivity contribution in [3.05, 3.63) is 53.1 Å². The molecule has 36 heavy (non-hydrogen) atoms. The van der Waals surface area contributed by atoms with E-state index in [4.69, 9.17) is 10.7 Å². The number of aliphatic hydroxyl groups is 1. The second-order valence-electron chi connectivity index (χ2n) is 11.0. The van der Waals surface area contributed by atoms with Gasteiger partial charge in [-0.25, -0.2) is 10.4 Å². The van der Waals surface area contributed by atoms with E-state index in [9.17, 15) is 15.0 Å². The molecule has 1 aromatic carbocycles. The van der Waals surface area contributed by atoms with Crippen LogP contribution < -0.4 is 16.6 Å². The van der Waals surface area contributed by atoms with Gasteiger partial charge in [-0.05, 0) is 80.2 Å². The Hall–Kier alpha value is -2.72. The van der Waals surface area contributed by atoms with Crippen molar-refractivity contribution in [3.8, 4) is 5.75 Å². The number of imidazole rings is 1. The van der Waals surface area contributed by atoms with Gasteiger partial charge < -0.3 is 25.8 Å². The van der Waals surface area contributed by atoms with Crippen LogP contribution in [-0.2, 0) is 11.2 Å². The summed E-state index contributed by atoms with van der Waals surface area (Å²) in [5.74, 6) is 1.90. The molecule has 0 spiro atoms. The molecule has 3 aliphatic rings. The quantitative estimate of drug-likeness (QED) is 0.361. The number of aromatic hydroxyl groups is 1. The standard InChI is InChI=1S/C27H38N6O3/c1-4-15-11-18(34)6-8-19(15)16-5-7-20-21(12-16)31-32-23(20)25-29-13-22(30-25)17-9-10-33(14-17)26(35)24(28)27(2,3)36/h6,8-9,11,13,16,20-21,23-24,31-32,34,36H,4-5,7,10,12,14,28H2,1-3H3,(H,29,30)/t16?,20?,21?,23?,24-/m1/s1. The smallest absolute Gasteiger partial charge is 0.243 e. The van der Waals surface area contributed by atoms with Gasteiger partial charge in [-0.1, -0.05) is 19.1 Å². The maximum Gasteiger partial charge on any atom is 0.243 e. The number of phenols is 1. The molecule has 1 aliphatic carbocycles. The summed E-state index contributed by atoms with van der Waals surface area (Å²) in [6.07, 6.45) is 8.01. The Morgan fingerprint density at radius 3 is 2.86 bits per heavy atom. The fraction of sp³-hybridized carbons (Fsp3) is 0.556. The minimum absolute atomic E-state index is 0.0958. The van der Waals surface area contributed by atoms with E-state index in [2.05, 4.69) is 28.8 Å². The molecule has 0 radical (unpaired) electrons. The zero-order valence-corrected chi connectivity index (χ0v) is 21.3. The molecule has 1 saturated carbocycles. The van der Waals surface area contributed by atoms with Crippen molar-refractivity contribution in [3.63, 3.8) is 0 Å². The van der Waals surface area contributed by atoms with Gasteiger partial charge in [0.1, 0.15) is 17.6 Å². The lowest BCUT2D eigenvalue weighted by Crippen LogP contribution is -2.54. The van der Waals surface area contributed by atoms with E-state index in [1.807, 2.05) is 18.3 Å². The summed E-state index contributed by atoms with van der Waals surface area (Å²) >= 11 is 0. The van der Waals surface area contributed by atoms with Crippen LogP contribution in [0, 0.1) is 5.92 Å². The molecule has 7 N–H and O–H groups in total. The number of aryl methyl sites for hydroxylation is 1. The minimum Gasteiger partial charge on any atom is -0.508 e. The average Bonchev–Trinajstić information content (AvgIpc) is 3.61. The van der Waals surface area contributed by atoms with Crippen molar-refractivity contribution in [1.82, 2.24) is 25.7 Å². The third-order valence-corrected chi connectivity index (χ3v) is 8.20. The molecular formula is C27H38N6O3. The summed E-state index contributed by atoms with van der Waals surface area (Å²) < 4.78 is 0. The maximum atomic E-state index is 12.7. The number of aromatic nitrogens is 2. The number of hydrogen-bond donors (Lipinski definition) is 6. The van der Waals surface area contributed by atoms with Crippen LogP contribution in [-0.4, -0.2) is 61.8 Å². The number of fused-ring (bicyclic) bond motifs is 1. The summed E-state index contributed by atoms with van der Waals surface area (Å²) in [6.45, 7) is 6.16. The fourth-order valence-electron chi connectivity index (χ4n) is 5.99. The predicted molar refractivity (Wildman–Crippen MR) is 138 cm³/mol. The van der Waals surface area contributed by atoms with E-state index >= 15 is 0 Å². The fourth-order valence-corrected chi connectivity index (χ4v) is 5.99. The normalized spacial score (nSPS) is 27.1. The van der Waals surface area contributed by atoms with E-state index < -0.39 is 11.6 Å². The highest BCUT2D eigenvalue weighted by Crippen LogP contribution is 2.44. The zero-order valence-electron chi connectivity index (χ0n) is 21.3. The highest BCUT2D eigenvalue weighted by Gasteiger charge is 2.43. The van der Waals surface area contributed by atoms with E-state index in [0.717, 1.165) is 42.8 Å². The van der Waals surface area contributed by atoms with Crippen molar-refractivity contribution in [2.45, 2.75) is 76.1 Å². The molecule has 1 amide bonds. The minimum atomic E-state index is -1.27. The first-order valence-corrected chi connectivity index (χ1v) is 13.0. The Morgan fingerprint density at radius 2 is 2.11 bits per heavy atom. The number of phenolic OH excluding ortho intramolecular Hbond substituents is 1. The number of aromatic amines is 1. The number of benzene rings is 1. The molecule has 9 heteroatoms. The summed E-state index contributed by atoms with van der Waals surface area (Å²) in [6, 6.07) is 5.29. The molecule has 2 fully saturated rings. The summed E-state index contributed by atoms with van der Waals surface area (Å²) in [4.78, 5) is 22.5. The highest BCUT2D eigenvalue weighted by atomic mass is 16.3. The van der Waals surface area contributed by atoms with Gasteiger partial charge in [0.15, 0.2) is 0 Å². The van der Waals surface area contributed by atoms with Gasteiger partial charge in [-0.15, -0.1) is 0 Å². The second-order valence-corrected chi connectivity index (χ2v) is 11.0. The van der Waals surface area contributed by atoms with Gasteiger partial charge in [0.2, 0.25) is 5.91 Å². The van der Waals surface area contributed by atoms with Crippen LogP contribution in [0.3, 0.4) is 0 Å². The number of H-pyrrole nitrogens is 1. The van der Waals surface area contributed by atoms with Gasteiger partial charge in [-0.3, -0.25) is 10.2 Å². The number of nitrogens with two attached hydrogens (primary N) is 1. The van der Waals surface area contributed by atoms with E-state index in [0.29, 0.717) is 36.7 Å². The summed E-state index contributed by atoms with van der Waals surface area (Å²) in [5, 5.41) is 20.0. The Labute approximate surface area is 212 Å². The van der Waals surface area contributed by atoms with Crippen LogP contribution in [0.2, 0.25) is 0 Å². The molecule has 1 saturated heterocycles. The lowest BCUT2D eigenvalue weighted by molar-refractivity contribution is -0.136. The second kappa shape index (κ2) is 9.63. The molecule has 1 aromatic heterocycles. The first-order valence-electron chi connectivity index (χ1n) is 13.0. The lowest BCUT2D eigenvalue weighted by atomic mass is 9.73. The zero-order chi connectivity index (χ0) is 25.6. The number of nitrogens with zero attached hydrogens (tertiary/aromatic N) is 2. The molecule has 5 atom stereocenters. The first-order chi connectivity index (χ1) is 17.2. The van der Waals surface area contributed by atoms with Crippen molar-refractivity contribution in [2.24, 2.45) is 11.7 Å². The molecular weight excluding hydrogens is 456 g/mol. The van der Waals surface area contributed by atoms with Crippen LogP contribution in [0.15, 0.2) is 30.5 Å². The van der Waals surface area contributed by atoms with E-state index in [1.165, 1.54) is 11.1 Å². The molecule has 2 aromatic rings. The Morgan fingerprint density at radius 1 is 1.31 bits per heavy atom. The van der Waals surface area contributed by atoms with Gasteiger partial charge in [0, 0.05) is 19.1 Å². The van der Waals surface area contributed by atoms with Crippen molar-refractivity contribution < 1.29 is 15.0 Å². The predicted octanol–water partition coefficient (Wildman–Crippen LogP) is 2.10. The Kier molecular flexibility index (Phi) is 6.67. The Balaban J connectivity index is 1.23. The molecule has 5 rings (SSSR count). The number of carbonyl (C=O) groups is 1. The van der Waals surface area contributed by atoms with Gasteiger partial charge >= 0.3 is 0 Å². The summed E-state index contributed by atoms with van der Waals surface area (Å²) in [7, 11) is 0. The average molecular weight is 495 g/mol. The van der Waals surface area contributed by atoms with Crippen LogP contribution >= 0.6 is 0 Å². The first kappa shape index (κ1) is 25.0. The summed E-state index contributed by atoms with van der Waals surface area (Å²) in [5.41, 5.74) is 16.2. The van der Waals surface area contributed by atoms with Crippen LogP contribution in [0.5, 0.6) is 5.75 Å². The number of rotatable bonds is 6. The molecule has 4 unspecified atom stereocenters. The monoisotopic (exact) mass is 494 g/mol. The maximum absolute atomic E-state index is 12.7. The number of amides is 1. The van der Waals surface area contributed by atoms with E-state index in [1.54, 1.807) is 24.8 Å². The molecule has 194 valence electrons. The topological polar surface area (TPSA) is 140 Å². The van der Waals surface area contributed by atoms with Gasteiger partial charge in [0.05, 0.1) is 23.5 Å². The van der Waals surface area contributed by atoms with Crippen LogP contribution in [0.4, 0.5) is 0 Å². The number of nitrogens with one attached hydrogen (secondary N) is 3. The molecule has 0 bridgehead atoms. The number of hydrogen-bond acceptors (Lipinski definition) is 7. The van der Waals surface area contributed by atoms with Crippen LogP contribution in [0.25, 0.3) is 5.57 Å².